The zero-order chi connectivity index (χ0) is 20.3. The molecular weight excluding hydrogens is 394 g/mol. The van der Waals surface area contributed by atoms with Gasteiger partial charge in [-0.1, -0.05) is 6.07 Å². The summed E-state index contributed by atoms with van der Waals surface area (Å²) in [5.41, 5.74) is 0.866. The largest absolute Gasteiger partial charge is 0.454 e. The summed E-state index contributed by atoms with van der Waals surface area (Å²) < 4.78 is 37.3. The van der Waals surface area contributed by atoms with Gasteiger partial charge in [-0.25, -0.2) is 8.42 Å². The van der Waals surface area contributed by atoms with Crippen LogP contribution in [0, 0.1) is 0 Å². The highest BCUT2D eigenvalue weighted by atomic mass is 32.2. The average Bonchev–Trinajstić information content (AvgIpc) is 3.23. The number of sulfone groups is 1. The van der Waals surface area contributed by atoms with Crippen molar-refractivity contribution in [2.45, 2.75) is 10.1 Å². The van der Waals surface area contributed by atoms with Crippen LogP contribution < -0.4 is 14.8 Å². The van der Waals surface area contributed by atoms with E-state index < -0.39 is 15.1 Å². The third kappa shape index (κ3) is 3.90. The molecule has 1 aliphatic rings. The van der Waals surface area contributed by atoms with Crippen molar-refractivity contribution in [2.75, 3.05) is 13.3 Å². The number of amides is 1. The van der Waals surface area contributed by atoms with Gasteiger partial charge < -0.3 is 14.8 Å². The SMILES string of the molecule is O=C(NC[C@@H](c1cccnc1)S(=O)(=O)c1ccc2c(c1)OCO2)c1ccncc1. The van der Waals surface area contributed by atoms with Gasteiger partial charge in [0.2, 0.25) is 6.79 Å². The number of carbonyl (C=O) groups is 1. The molecule has 0 saturated carbocycles. The molecule has 3 heterocycles. The number of rotatable bonds is 6. The summed E-state index contributed by atoms with van der Waals surface area (Å²) in [7, 11) is -3.86. The first-order valence-corrected chi connectivity index (χ1v) is 10.3. The minimum absolute atomic E-state index is 0.0485. The number of nitrogens with zero attached hydrogens (tertiary/aromatic N) is 2. The summed E-state index contributed by atoms with van der Waals surface area (Å²) in [6.07, 6.45) is 6.03. The highest BCUT2D eigenvalue weighted by Gasteiger charge is 2.31. The predicted octanol–water partition coefficient (Wildman–Crippen LogP) is 2.15. The Morgan fingerprint density at radius 3 is 2.59 bits per heavy atom. The highest BCUT2D eigenvalue weighted by molar-refractivity contribution is 7.91. The van der Waals surface area contributed by atoms with Crippen molar-refractivity contribution in [1.29, 1.82) is 0 Å². The lowest BCUT2D eigenvalue weighted by atomic mass is 10.2. The van der Waals surface area contributed by atoms with E-state index in [4.69, 9.17) is 9.47 Å². The second kappa shape index (κ2) is 7.88. The molecule has 2 aromatic heterocycles. The maximum Gasteiger partial charge on any atom is 0.251 e. The van der Waals surface area contributed by atoms with Gasteiger partial charge in [-0.3, -0.25) is 14.8 Å². The van der Waals surface area contributed by atoms with Crippen molar-refractivity contribution in [3.8, 4) is 11.5 Å². The normalized spacial score (nSPS) is 13.7. The molecule has 1 N–H and O–H groups in total. The number of carbonyl (C=O) groups excluding carboxylic acids is 1. The first-order valence-electron chi connectivity index (χ1n) is 8.77. The van der Waals surface area contributed by atoms with Crippen LogP contribution in [0.4, 0.5) is 0 Å². The number of ether oxygens (including phenoxy) is 2. The van der Waals surface area contributed by atoms with Gasteiger partial charge in [0.1, 0.15) is 5.25 Å². The van der Waals surface area contributed by atoms with Gasteiger partial charge in [0, 0.05) is 43.0 Å². The van der Waals surface area contributed by atoms with E-state index in [-0.39, 0.29) is 24.1 Å². The molecule has 1 amide bonds. The number of nitrogens with one attached hydrogen (secondary N) is 1. The molecule has 1 aliphatic heterocycles. The van der Waals surface area contributed by atoms with Gasteiger partial charge >= 0.3 is 0 Å². The van der Waals surface area contributed by atoms with Crippen molar-refractivity contribution in [1.82, 2.24) is 15.3 Å². The van der Waals surface area contributed by atoms with Crippen molar-refractivity contribution >= 4 is 15.7 Å². The van der Waals surface area contributed by atoms with E-state index in [9.17, 15) is 13.2 Å². The van der Waals surface area contributed by atoms with Gasteiger partial charge in [0.05, 0.1) is 4.90 Å². The number of hydrogen-bond acceptors (Lipinski definition) is 7. The molecule has 0 spiro atoms. The molecule has 0 bridgehead atoms. The summed E-state index contributed by atoms with van der Waals surface area (Å²) in [4.78, 5) is 20.4. The fraction of sp³-hybridized carbons (Fsp3) is 0.150. The number of benzene rings is 1. The van der Waals surface area contributed by atoms with Crippen LogP contribution in [0.5, 0.6) is 11.5 Å². The van der Waals surface area contributed by atoms with Gasteiger partial charge in [-0.2, -0.15) is 0 Å². The van der Waals surface area contributed by atoms with Crippen LogP contribution in [-0.2, 0) is 9.84 Å². The maximum atomic E-state index is 13.4. The quantitative estimate of drug-likeness (QED) is 0.662. The van der Waals surface area contributed by atoms with Crippen LogP contribution >= 0.6 is 0 Å². The lowest BCUT2D eigenvalue weighted by Gasteiger charge is -2.19. The van der Waals surface area contributed by atoms with Crippen LogP contribution in [0.2, 0.25) is 0 Å². The van der Waals surface area contributed by atoms with E-state index in [0.717, 1.165) is 0 Å². The molecule has 0 unspecified atom stereocenters. The highest BCUT2D eigenvalue weighted by Crippen LogP contribution is 2.37. The van der Waals surface area contributed by atoms with Gasteiger partial charge in [-0.05, 0) is 35.9 Å². The Kier molecular flexibility index (Phi) is 5.13. The van der Waals surface area contributed by atoms with E-state index in [1.165, 1.54) is 30.7 Å². The zero-order valence-electron chi connectivity index (χ0n) is 15.2. The molecule has 1 atom stereocenters. The average molecular weight is 411 g/mol. The van der Waals surface area contributed by atoms with Crippen LogP contribution in [-0.4, -0.2) is 37.6 Å². The van der Waals surface area contributed by atoms with Crippen LogP contribution in [0.25, 0.3) is 0 Å². The number of hydrogen-bond donors (Lipinski definition) is 1. The van der Waals surface area contributed by atoms with E-state index in [1.54, 1.807) is 36.5 Å². The lowest BCUT2D eigenvalue weighted by Crippen LogP contribution is -2.32. The number of pyridine rings is 2. The Balaban J connectivity index is 1.64. The Morgan fingerprint density at radius 2 is 1.83 bits per heavy atom. The van der Waals surface area contributed by atoms with Crippen molar-refractivity contribution in [3.63, 3.8) is 0 Å². The molecule has 0 saturated heterocycles. The molecular formula is C20H17N3O5S. The summed E-state index contributed by atoms with van der Waals surface area (Å²) >= 11 is 0. The van der Waals surface area contributed by atoms with Gasteiger partial charge in [0.25, 0.3) is 5.91 Å². The molecule has 3 aromatic rings. The van der Waals surface area contributed by atoms with Gasteiger partial charge in [0.15, 0.2) is 21.3 Å². The monoisotopic (exact) mass is 411 g/mol. The first-order chi connectivity index (χ1) is 14.1. The predicted molar refractivity (Wildman–Crippen MR) is 103 cm³/mol. The molecule has 0 fully saturated rings. The summed E-state index contributed by atoms with van der Waals surface area (Å²) in [5.74, 6) is 0.479. The standard InChI is InChI=1S/C20H17N3O5S/c24-20(14-5-8-21-9-6-14)23-12-19(15-2-1-7-22-11-15)29(25,26)16-3-4-17-18(10-16)28-13-27-17/h1-11,19H,12-13H2,(H,23,24)/t19-/m0/s1. The van der Waals surface area contributed by atoms with Crippen LogP contribution in [0.3, 0.4) is 0 Å². The topological polar surface area (TPSA) is 107 Å². The molecule has 9 heteroatoms. The molecule has 0 radical (unpaired) electrons. The maximum absolute atomic E-state index is 13.4. The minimum Gasteiger partial charge on any atom is -0.454 e. The molecule has 4 rings (SSSR count). The second-order valence-corrected chi connectivity index (χ2v) is 8.41. The summed E-state index contributed by atoms with van der Waals surface area (Å²) in [6.45, 7) is -0.0729. The van der Waals surface area contributed by atoms with Crippen molar-refractivity contribution < 1.29 is 22.7 Å². The minimum atomic E-state index is -3.86. The fourth-order valence-electron chi connectivity index (χ4n) is 2.98. The third-order valence-electron chi connectivity index (χ3n) is 4.49. The van der Waals surface area contributed by atoms with E-state index in [0.29, 0.717) is 22.6 Å². The van der Waals surface area contributed by atoms with Crippen molar-refractivity contribution in [2.24, 2.45) is 0 Å². The van der Waals surface area contributed by atoms with E-state index >= 15 is 0 Å². The van der Waals surface area contributed by atoms with Gasteiger partial charge in [-0.15, -0.1) is 0 Å². The van der Waals surface area contributed by atoms with Crippen LogP contribution in [0.15, 0.2) is 72.1 Å². The third-order valence-corrected chi connectivity index (χ3v) is 6.59. The summed E-state index contributed by atoms with van der Waals surface area (Å²) in [5, 5.41) is 1.67. The molecule has 148 valence electrons. The van der Waals surface area contributed by atoms with E-state index in [2.05, 4.69) is 15.3 Å². The Bertz CT molecular complexity index is 1120. The number of fused-ring (bicyclic) bond motifs is 1. The Morgan fingerprint density at radius 1 is 1.03 bits per heavy atom. The van der Waals surface area contributed by atoms with Crippen LogP contribution in [0.1, 0.15) is 21.2 Å². The lowest BCUT2D eigenvalue weighted by molar-refractivity contribution is 0.0953. The molecule has 0 aliphatic carbocycles. The number of aromatic nitrogens is 2. The first kappa shape index (κ1) is 18.9. The second-order valence-electron chi connectivity index (χ2n) is 6.28. The Labute approximate surface area is 167 Å². The Hall–Kier alpha value is -3.46. The summed E-state index contributed by atoms with van der Waals surface area (Å²) in [6, 6.07) is 10.9. The molecule has 8 nitrogen and oxygen atoms in total. The van der Waals surface area contributed by atoms with E-state index in [1.807, 2.05) is 0 Å². The zero-order valence-corrected chi connectivity index (χ0v) is 16.0. The fourth-order valence-corrected chi connectivity index (χ4v) is 4.64. The van der Waals surface area contributed by atoms with Crippen molar-refractivity contribution in [3.05, 3.63) is 78.4 Å². The molecule has 1 aromatic carbocycles. The smallest absolute Gasteiger partial charge is 0.251 e. The molecule has 29 heavy (non-hydrogen) atoms.